The lowest BCUT2D eigenvalue weighted by molar-refractivity contribution is 0.0698. The quantitative estimate of drug-likeness (QED) is 0.725. The normalized spacial score (nSPS) is 24.5. The van der Waals surface area contributed by atoms with Crippen molar-refractivity contribution in [3.05, 3.63) is 23.3 Å². The number of rotatable bonds is 3. The van der Waals surface area contributed by atoms with Crippen LogP contribution in [0.4, 0.5) is 11.4 Å². The van der Waals surface area contributed by atoms with Gasteiger partial charge in [-0.25, -0.2) is 13.2 Å². The molecule has 0 amide bonds. The summed E-state index contributed by atoms with van der Waals surface area (Å²) in [7, 11) is -3.02. The minimum atomic E-state index is -3.02. The van der Waals surface area contributed by atoms with Crippen molar-refractivity contribution in [3.63, 3.8) is 0 Å². The zero-order chi connectivity index (χ0) is 15.1. The summed E-state index contributed by atoms with van der Waals surface area (Å²) in [6.07, 6.45) is 0.501. The standard InChI is InChI=1S/C13H18N2O4S/c1-8-5-9(6-10(11(8)14)12(16)17)15-13(2)3-4-20(18,19)7-13/h5-6,15H,3-4,7,14H2,1-2H3,(H,16,17). The average molecular weight is 298 g/mol. The molecule has 1 heterocycles. The first-order valence-electron chi connectivity index (χ1n) is 6.24. The highest BCUT2D eigenvalue weighted by atomic mass is 32.2. The number of carbonyl (C=O) groups is 1. The minimum absolute atomic E-state index is 0.0250. The van der Waals surface area contributed by atoms with E-state index in [0.29, 0.717) is 17.7 Å². The Morgan fingerprint density at radius 2 is 2.10 bits per heavy atom. The first kappa shape index (κ1) is 14.6. The van der Waals surface area contributed by atoms with Gasteiger partial charge in [0.25, 0.3) is 0 Å². The van der Waals surface area contributed by atoms with Crippen molar-refractivity contribution in [1.29, 1.82) is 0 Å². The van der Waals surface area contributed by atoms with Crippen molar-refractivity contribution in [2.24, 2.45) is 0 Å². The maximum atomic E-state index is 11.6. The van der Waals surface area contributed by atoms with Gasteiger partial charge in [0.1, 0.15) is 0 Å². The highest BCUT2D eigenvalue weighted by Crippen LogP contribution is 2.30. The van der Waals surface area contributed by atoms with Gasteiger partial charge in [-0.2, -0.15) is 0 Å². The maximum Gasteiger partial charge on any atom is 0.337 e. The molecule has 0 spiro atoms. The van der Waals surface area contributed by atoms with Crippen LogP contribution in [0.15, 0.2) is 12.1 Å². The third-order valence-corrected chi connectivity index (χ3v) is 5.47. The molecule has 0 bridgehead atoms. The van der Waals surface area contributed by atoms with E-state index in [1.165, 1.54) is 6.07 Å². The van der Waals surface area contributed by atoms with E-state index in [1.807, 2.05) is 6.92 Å². The van der Waals surface area contributed by atoms with E-state index in [2.05, 4.69) is 5.32 Å². The van der Waals surface area contributed by atoms with Gasteiger partial charge in [0.05, 0.1) is 17.1 Å². The molecule has 1 unspecified atom stereocenters. The number of nitrogens with one attached hydrogen (secondary N) is 1. The molecule has 1 aromatic carbocycles. The number of benzene rings is 1. The molecule has 7 heteroatoms. The molecule has 6 nitrogen and oxygen atoms in total. The van der Waals surface area contributed by atoms with Crippen LogP contribution in [0.1, 0.15) is 29.3 Å². The number of hydrogen-bond acceptors (Lipinski definition) is 5. The van der Waals surface area contributed by atoms with Gasteiger partial charge in [-0.05, 0) is 38.0 Å². The van der Waals surface area contributed by atoms with Gasteiger partial charge in [0, 0.05) is 16.9 Å². The first-order valence-corrected chi connectivity index (χ1v) is 8.06. The van der Waals surface area contributed by atoms with E-state index in [9.17, 15) is 13.2 Å². The van der Waals surface area contributed by atoms with Crippen LogP contribution in [0.25, 0.3) is 0 Å². The van der Waals surface area contributed by atoms with Crippen molar-refractivity contribution in [3.8, 4) is 0 Å². The van der Waals surface area contributed by atoms with Crippen LogP contribution in [-0.4, -0.2) is 36.5 Å². The highest BCUT2D eigenvalue weighted by Gasteiger charge is 2.38. The maximum absolute atomic E-state index is 11.6. The fourth-order valence-corrected chi connectivity index (χ4v) is 4.60. The average Bonchev–Trinajstić information content (AvgIpc) is 2.57. The minimum Gasteiger partial charge on any atom is -0.478 e. The summed E-state index contributed by atoms with van der Waals surface area (Å²) in [4.78, 5) is 11.1. The largest absolute Gasteiger partial charge is 0.478 e. The van der Waals surface area contributed by atoms with Crippen LogP contribution in [0.3, 0.4) is 0 Å². The highest BCUT2D eigenvalue weighted by molar-refractivity contribution is 7.91. The van der Waals surface area contributed by atoms with Crippen LogP contribution in [0, 0.1) is 6.92 Å². The Kier molecular flexibility index (Phi) is 3.41. The van der Waals surface area contributed by atoms with Gasteiger partial charge in [0.15, 0.2) is 9.84 Å². The lowest BCUT2D eigenvalue weighted by atomic mass is 10.00. The molecule has 4 N–H and O–H groups in total. The monoisotopic (exact) mass is 298 g/mol. The van der Waals surface area contributed by atoms with Crippen molar-refractivity contribution in [2.45, 2.75) is 25.8 Å². The van der Waals surface area contributed by atoms with Gasteiger partial charge >= 0.3 is 5.97 Å². The zero-order valence-corrected chi connectivity index (χ0v) is 12.3. The summed E-state index contributed by atoms with van der Waals surface area (Å²) in [6.45, 7) is 3.55. The van der Waals surface area contributed by atoms with Gasteiger partial charge in [-0.3, -0.25) is 0 Å². The van der Waals surface area contributed by atoms with Crippen LogP contribution in [0.5, 0.6) is 0 Å². The van der Waals surface area contributed by atoms with Crippen molar-refractivity contribution >= 4 is 27.2 Å². The van der Waals surface area contributed by atoms with Gasteiger partial charge < -0.3 is 16.2 Å². The Morgan fingerprint density at radius 3 is 2.60 bits per heavy atom. The Bertz CT molecular complexity index is 669. The van der Waals surface area contributed by atoms with Gasteiger partial charge in [0.2, 0.25) is 0 Å². The summed E-state index contributed by atoms with van der Waals surface area (Å²) < 4.78 is 23.2. The Balaban J connectivity index is 2.33. The fourth-order valence-electron chi connectivity index (χ4n) is 2.50. The zero-order valence-electron chi connectivity index (χ0n) is 11.4. The Labute approximate surface area is 117 Å². The molecule has 20 heavy (non-hydrogen) atoms. The molecule has 1 atom stereocenters. The van der Waals surface area contributed by atoms with Crippen LogP contribution in [0.2, 0.25) is 0 Å². The lowest BCUT2D eigenvalue weighted by Crippen LogP contribution is -2.36. The molecule has 1 aliphatic rings. The van der Waals surface area contributed by atoms with Gasteiger partial charge in [-0.15, -0.1) is 0 Å². The van der Waals surface area contributed by atoms with Crippen LogP contribution >= 0.6 is 0 Å². The number of aromatic carboxylic acids is 1. The summed E-state index contributed by atoms with van der Waals surface area (Å²) in [6, 6.07) is 3.18. The Hall–Kier alpha value is -1.76. The number of hydrogen-bond donors (Lipinski definition) is 3. The molecule has 1 aromatic rings. The summed E-state index contributed by atoms with van der Waals surface area (Å²) in [5, 5.41) is 12.3. The Morgan fingerprint density at radius 1 is 1.45 bits per heavy atom. The van der Waals surface area contributed by atoms with Crippen molar-refractivity contribution in [1.82, 2.24) is 0 Å². The molecular formula is C13H18N2O4S. The third-order valence-electron chi connectivity index (χ3n) is 3.57. The number of anilines is 2. The van der Waals surface area contributed by atoms with E-state index in [0.717, 1.165) is 0 Å². The molecule has 0 radical (unpaired) electrons. The fraction of sp³-hybridized carbons (Fsp3) is 0.462. The second kappa shape index (κ2) is 4.66. The predicted molar refractivity (Wildman–Crippen MR) is 77.8 cm³/mol. The number of carboxylic acid groups (broad SMARTS) is 1. The number of carboxylic acids is 1. The molecule has 2 rings (SSSR count). The molecule has 0 aliphatic carbocycles. The smallest absolute Gasteiger partial charge is 0.337 e. The predicted octanol–water partition coefficient (Wildman–Crippen LogP) is 1.26. The van der Waals surface area contributed by atoms with E-state index >= 15 is 0 Å². The van der Waals surface area contributed by atoms with Crippen LogP contribution < -0.4 is 11.1 Å². The molecule has 110 valence electrons. The third kappa shape index (κ3) is 2.87. The number of nitrogens with two attached hydrogens (primary N) is 1. The van der Waals surface area contributed by atoms with Crippen molar-refractivity contribution < 1.29 is 18.3 Å². The molecule has 1 saturated heterocycles. The summed E-state index contributed by atoms with van der Waals surface area (Å²) >= 11 is 0. The molecule has 0 saturated carbocycles. The second-order valence-corrected chi connectivity index (χ2v) is 7.77. The number of nitrogen functional groups attached to an aromatic ring is 1. The van der Waals surface area contributed by atoms with E-state index in [-0.39, 0.29) is 22.8 Å². The van der Waals surface area contributed by atoms with E-state index in [1.54, 1.807) is 13.0 Å². The molecule has 1 aliphatic heterocycles. The van der Waals surface area contributed by atoms with Crippen LogP contribution in [-0.2, 0) is 9.84 Å². The molecule has 1 fully saturated rings. The molecule has 0 aromatic heterocycles. The van der Waals surface area contributed by atoms with E-state index < -0.39 is 21.3 Å². The van der Waals surface area contributed by atoms with Crippen molar-refractivity contribution in [2.75, 3.05) is 22.6 Å². The SMILES string of the molecule is Cc1cc(NC2(C)CCS(=O)(=O)C2)cc(C(=O)O)c1N. The van der Waals surface area contributed by atoms with E-state index in [4.69, 9.17) is 10.8 Å². The molecular weight excluding hydrogens is 280 g/mol. The first-order chi connectivity index (χ1) is 9.12. The topological polar surface area (TPSA) is 109 Å². The second-order valence-electron chi connectivity index (χ2n) is 5.59. The summed E-state index contributed by atoms with van der Waals surface area (Å²) in [5.74, 6) is -0.902. The summed E-state index contributed by atoms with van der Waals surface area (Å²) in [5.41, 5.74) is 6.64. The number of sulfone groups is 1. The van der Waals surface area contributed by atoms with Gasteiger partial charge in [-0.1, -0.05) is 0 Å². The number of aryl methyl sites for hydroxylation is 1. The lowest BCUT2D eigenvalue weighted by Gasteiger charge is -2.26.